The first-order valence-electron chi connectivity index (χ1n) is 8.70. The van der Waals surface area contributed by atoms with Crippen LogP contribution < -0.4 is 5.32 Å². The highest BCUT2D eigenvalue weighted by Crippen LogP contribution is 2.18. The Labute approximate surface area is 151 Å². The number of nitrogens with zero attached hydrogens (tertiary/aromatic N) is 2. The van der Waals surface area contributed by atoms with Gasteiger partial charge in [0.1, 0.15) is 0 Å². The second-order valence-corrected chi connectivity index (χ2v) is 8.29. The van der Waals surface area contributed by atoms with Crippen LogP contribution in [0.25, 0.3) is 0 Å². The number of halogens is 1. The van der Waals surface area contributed by atoms with Crippen molar-refractivity contribution in [3.05, 3.63) is 34.9 Å². The van der Waals surface area contributed by atoms with Gasteiger partial charge in [0.2, 0.25) is 0 Å². The number of hydrogen-bond acceptors (Lipinski definition) is 3. The van der Waals surface area contributed by atoms with Crippen molar-refractivity contribution in [2.24, 2.45) is 5.41 Å². The molecule has 5 heteroatoms. The van der Waals surface area contributed by atoms with Crippen molar-refractivity contribution in [2.45, 2.75) is 32.7 Å². The van der Waals surface area contributed by atoms with Crippen LogP contribution in [-0.2, 0) is 0 Å². The first kappa shape index (κ1) is 19.2. The van der Waals surface area contributed by atoms with Gasteiger partial charge < -0.3 is 15.1 Å². The number of nitrogens with one attached hydrogen (secondary N) is 1. The van der Waals surface area contributed by atoms with Crippen LogP contribution in [0.5, 0.6) is 0 Å². The molecule has 24 heavy (non-hydrogen) atoms. The van der Waals surface area contributed by atoms with E-state index >= 15 is 0 Å². The summed E-state index contributed by atoms with van der Waals surface area (Å²) in [5.41, 5.74) is 0.970. The largest absolute Gasteiger partial charge is 0.339 e. The van der Waals surface area contributed by atoms with Crippen LogP contribution in [0, 0.1) is 5.41 Å². The van der Waals surface area contributed by atoms with Crippen LogP contribution in [0.15, 0.2) is 24.3 Å². The number of amides is 1. The van der Waals surface area contributed by atoms with Gasteiger partial charge in [-0.15, -0.1) is 0 Å². The zero-order valence-corrected chi connectivity index (χ0v) is 16.1. The van der Waals surface area contributed by atoms with Crippen molar-refractivity contribution in [3.63, 3.8) is 0 Å². The maximum absolute atomic E-state index is 12.5. The Morgan fingerprint density at radius 2 is 1.83 bits per heavy atom. The number of hydrogen-bond donors (Lipinski definition) is 1. The van der Waals surface area contributed by atoms with Crippen molar-refractivity contribution in [3.8, 4) is 0 Å². The summed E-state index contributed by atoms with van der Waals surface area (Å²) in [6, 6.07) is 7.66. The molecular formula is C19H30ClN3O. The van der Waals surface area contributed by atoms with Gasteiger partial charge in [-0.3, -0.25) is 4.79 Å². The molecule has 1 aliphatic rings. The van der Waals surface area contributed by atoms with E-state index < -0.39 is 0 Å². The van der Waals surface area contributed by atoms with Gasteiger partial charge in [0.15, 0.2) is 0 Å². The number of benzene rings is 1. The molecule has 0 aromatic heterocycles. The highest BCUT2D eigenvalue weighted by molar-refractivity contribution is 6.30. The maximum Gasteiger partial charge on any atom is 0.253 e. The third kappa shape index (κ3) is 5.76. The summed E-state index contributed by atoms with van der Waals surface area (Å²) in [6.07, 6.45) is 2.02. The lowest BCUT2D eigenvalue weighted by Crippen LogP contribution is -2.48. The highest BCUT2D eigenvalue weighted by atomic mass is 35.5. The summed E-state index contributed by atoms with van der Waals surface area (Å²) in [5, 5.41) is 4.35. The van der Waals surface area contributed by atoms with Crippen LogP contribution in [-0.4, -0.2) is 62.0 Å². The SMILES string of the molecule is CN(C)CC(C)(C)CNC1CCN(C(=O)c2ccc(Cl)cc2)CC1. The molecule has 1 fully saturated rings. The highest BCUT2D eigenvalue weighted by Gasteiger charge is 2.25. The van der Waals surface area contributed by atoms with E-state index in [0.717, 1.165) is 44.6 Å². The molecule has 1 heterocycles. The molecule has 0 unspecified atom stereocenters. The zero-order chi connectivity index (χ0) is 17.7. The smallest absolute Gasteiger partial charge is 0.253 e. The minimum absolute atomic E-state index is 0.109. The van der Waals surface area contributed by atoms with E-state index in [0.29, 0.717) is 11.1 Å². The Morgan fingerprint density at radius 1 is 1.25 bits per heavy atom. The minimum atomic E-state index is 0.109. The molecule has 1 amide bonds. The van der Waals surface area contributed by atoms with Gasteiger partial charge in [0, 0.05) is 42.8 Å². The van der Waals surface area contributed by atoms with Crippen LogP contribution >= 0.6 is 11.6 Å². The van der Waals surface area contributed by atoms with Crippen molar-refractivity contribution >= 4 is 17.5 Å². The van der Waals surface area contributed by atoms with Crippen molar-refractivity contribution in [1.82, 2.24) is 15.1 Å². The molecule has 1 aliphatic heterocycles. The molecule has 1 N–H and O–H groups in total. The summed E-state index contributed by atoms with van der Waals surface area (Å²) >= 11 is 5.89. The second kappa shape index (κ2) is 8.32. The summed E-state index contributed by atoms with van der Waals surface area (Å²) in [4.78, 5) is 16.7. The standard InChI is InChI=1S/C19H30ClN3O/c1-19(2,14-22(3)4)13-21-17-9-11-23(12-10-17)18(24)15-5-7-16(20)8-6-15/h5-8,17,21H,9-14H2,1-4H3. The topological polar surface area (TPSA) is 35.6 Å². The first-order valence-corrected chi connectivity index (χ1v) is 9.07. The minimum Gasteiger partial charge on any atom is -0.339 e. The van der Waals surface area contributed by atoms with Gasteiger partial charge in [0.05, 0.1) is 0 Å². The van der Waals surface area contributed by atoms with Gasteiger partial charge in [-0.25, -0.2) is 0 Å². The van der Waals surface area contributed by atoms with E-state index in [-0.39, 0.29) is 11.3 Å². The molecule has 4 nitrogen and oxygen atoms in total. The molecule has 1 aromatic carbocycles. The Morgan fingerprint density at radius 3 is 2.38 bits per heavy atom. The molecule has 0 spiro atoms. The molecule has 0 atom stereocenters. The summed E-state index contributed by atoms with van der Waals surface area (Å²) in [5.74, 6) is 0.109. The molecule has 1 aromatic rings. The monoisotopic (exact) mass is 351 g/mol. The molecule has 1 saturated heterocycles. The lowest BCUT2D eigenvalue weighted by molar-refractivity contribution is 0.0700. The van der Waals surface area contributed by atoms with Gasteiger partial charge in [-0.05, 0) is 56.6 Å². The van der Waals surface area contributed by atoms with Crippen molar-refractivity contribution in [2.75, 3.05) is 40.3 Å². The van der Waals surface area contributed by atoms with Crippen molar-refractivity contribution in [1.29, 1.82) is 0 Å². The van der Waals surface area contributed by atoms with E-state index in [1.165, 1.54) is 0 Å². The average molecular weight is 352 g/mol. The van der Waals surface area contributed by atoms with Gasteiger partial charge in [-0.1, -0.05) is 25.4 Å². The van der Waals surface area contributed by atoms with Crippen molar-refractivity contribution < 1.29 is 4.79 Å². The number of carbonyl (C=O) groups excluding carboxylic acids is 1. The van der Waals surface area contributed by atoms with Crippen LogP contribution in [0.4, 0.5) is 0 Å². The molecule has 2 rings (SSSR count). The fourth-order valence-electron chi connectivity index (χ4n) is 3.39. The third-order valence-electron chi connectivity index (χ3n) is 4.49. The Bertz CT molecular complexity index is 534. The van der Waals surface area contributed by atoms with Crippen LogP contribution in [0.2, 0.25) is 5.02 Å². The number of likely N-dealkylation sites (tertiary alicyclic amines) is 1. The zero-order valence-electron chi connectivity index (χ0n) is 15.3. The van der Waals surface area contributed by atoms with Gasteiger partial charge >= 0.3 is 0 Å². The summed E-state index contributed by atoms with van der Waals surface area (Å²) < 4.78 is 0. The Kier molecular flexibility index (Phi) is 6.67. The number of rotatable bonds is 6. The molecule has 0 radical (unpaired) electrons. The first-order chi connectivity index (χ1) is 11.3. The van der Waals surface area contributed by atoms with Crippen LogP contribution in [0.1, 0.15) is 37.0 Å². The lowest BCUT2D eigenvalue weighted by atomic mass is 9.92. The number of piperidine rings is 1. The van der Waals surface area contributed by atoms with Crippen LogP contribution in [0.3, 0.4) is 0 Å². The fraction of sp³-hybridized carbons (Fsp3) is 0.632. The number of carbonyl (C=O) groups is 1. The van der Waals surface area contributed by atoms with E-state index in [4.69, 9.17) is 11.6 Å². The summed E-state index contributed by atoms with van der Waals surface area (Å²) in [7, 11) is 4.23. The predicted molar refractivity (Wildman–Crippen MR) is 101 cm³/mol. The average Bonchev–Trinajstić information content (AvgIpc) is 2.52. The molecule has 0 bridgehead atoms. The summed E-state index contributed by atoms with van der Waals surface area (Å²) in [6.45, 7) is 8.27. The maximum atomic E-state index is 12.5. The van der Waals surface area contributed by atoms with E-state index in [1.807, 2.05) is 4.90 Å². The molecule has 0 saturated carbocycles. The molecule has 134 valence electrons. The van der Waals surface area contributed by atoms with E-state index in [9.17, 15) is 4.79 Å². The Hall–Kier alpha value is -1.10. The Balaban J connectivity index is 1.79. The van der Waals surface area contributed by atoms with Gasteiger partial charge in [-0.2, -0.15) is 0 Å². The third-order valence-corrected chi connectivity index (χ3v) is 4.74. The second-order valence-electron chi connectivity index (χ2n) is 7.86. The quantitative estimate of drug-likeness (QED) is 0.855. The molecular weight excluding hydrogens is 322 g/mol. The van der Waals surface area contributed by atoms with E-state index in [1.54, 1.807) is 24.3 Å². The van der Waals surface area contributed by atoms with Gasteiger partial charge in [0.25, 0.3) is 5.91 Å². The predicted octanol–water partition coefficient (Wildman–Crippen LogP) is 3.12. The fourth-order valence-corrected chi connectivity index (χ4v) is 3.52. The normalized spacial score (nSPS) is 16.7. The molecule has 0 aliphatic carbocycles. The van der Waals surface area contributed by atoms with E-state index in [2.05, 4.69) is 38.2 Å². The lowest BCUT2D eigenvalue weighted by Gasteiger charge is -2.35.